The molecule has 0 fully saturated rings. The van der Waals surface area contributed by atoms with Crippen molar-refractivity contribution in [3.05, 3.63) is 30.7 Å². The van der Waals surface area contributed by atoms with Gasteiger partial charge in [-0.25, -0.2) is 19.5 Å². The summed E-state index contributed by atoms with van der Waals surface area (Å²) in [6.45, 7) is 1.83. The fraction of sp³-hybridized carbons (Fsp3) is 0.111. The van der Waals surface area contributed by atoms with Gasteiger partial charge >= 0.3 is 0 Å². The zero-order valence-electron chi connectivity index (χ0n) is 7.95. The Bertz CT molecular complexity index is 598. The van der Waals surface area contributed by atoms with Crippen LogP contribution in [0.4, 0.5) is 0 Å². The Morgan fingerprint density at radius 3 is 3.07 bits per heavy atom. The van der Waals surface area contributed by atoms with Gasteiger partial charge in [0.15, 0.2) is 5.65 Å². The lowest BCUT2D eigenvalue weighted by atomic mass is 10.4. The summed E-state index contributed by atoms with van der Waals surface area (Å²) < 4.78 is 6.79. The Balaban J connectivity index is 2.21. The number of hydrogen-bond acceptors (Lipinski definition) is 5. The average molecular weight is 201 g/mol. The van der Waals surface area contributed by atoms with E-state index < -0.39 is 0 Å². The fourth-order valence-electron chi connectivity index (χ4n) is 1.37. The lowest BCUT2D eigenvalue weighted by molar-refractivity contribution is 0.571. The summed E-state index contributed by atoms with van der Waals surface area (Å²) in [5, 5.41) is 4.18. The zero-order chi connectivity index (χ0) is 10.3. The third-order valence-electron chi connectivity index (χ3n) is 1.98. The maximum absolute atomic E-state index is 5.14. The standard InChI is InChI=1S/C9H7N5O/c1-6-12-8-4-11-7(5-14(8)13-6)9-10-2-3-15-9/h2-5H,1H3. The molecule has 74 valence electrons. The molecular weight excluding hydrogens is 194 g/mol. The number of hydrogen-bond donors (Lipinski definition) is 0. The lowest BCUT2D eigenvalue weighted by Gasteiger charge is -1.94. The third-order valence-corrected chi connectivity index (χ3v) is 1.98. The Labute approximate surface area is 84.6 Å². The molecule has 0 radical (unpaired) electrons. The van der Waals surface area contributed by atoms with Crippen molar-refractivity contribution in [1.29, 1.82) is 0 Å². The highest BCUT2D eigenvalue weighted by atomic mass is 16.3. The normalized spacial score (nSPS) is 11.0. The Hall–Kier alpha value is -2.24. The summed E-state index contributed by atoms with van der Waals surface area (Å²) in [5.41, 5.74) is 1.35. The molecule has 3 rings (SSSR count). The highest BCUT2D eigenvalue weighted by Crippen LogP contribution is 2.13. The van der Waals surface area contributed by atoms with Crippen molar-refractivity contribution in [3.63, 3.8) is 0 Å². The molecule has 0 aliphatic heterocycles. The monoisotopic (exact) mass is 201 g/mol. The van der Waals surface area contributed by atoms with Crippen molar-refractivity contribution in [1.82, 2.24) is 24.6 Å². The van der Waals surface area contributed by atoms with E-state index in [9.17, 15) is 0 Å². The van der Waals surface area contributed by atoms with E-state index in [1.807, 2.05) is 6.92 Å². The van der Waals surface area contributed by atoms with Gasteiger partial charge < -0.3 is 4.42 Å². The second-order valence-electron chi connectivity index (χ2n) is 3.07. The maximum atomic E-state index is 5.14. The van der Waals surface area contributed by atoms with Gasteiger partial charge in [-0.2, -0.15) is 5.10 Å². The van der Waals surface area contributed by atoms with Crippen molar-refractivity contribution in [2.75, 3.05) is 0 Å². The van der Waals surface area contributed by atoms with Gasteiger partial charge in [0.05, 0.1) is 18.6 Å². The first kappa shape index (κ1) is 8.10. The average Bonchev–Trinajstić information content (AvgIpc) is 2.82. The van der Waals surface area contributed by atoms with Gasteiger partial charge in [0.2, 0.25) is 5.89 Å². The van der Waals surface area contributed by atoms with E-state index in [0.717, 1.165) is 0 Å². The lowest BCUT2D eigenvalue weighted by Crippen LogP contribution is -1.92. The van der Waals surface area contributed by atoms with E-state index in [2.05, 4.69) is 20.1 Å². The van der Waals surface area contributed by atoms with E-state index >= 15 is 0 Å². The van der Waals surface area contributed by atoms with Gasteiger partial charge in [-0.15, -0.1) is 0 Å². The quantitative estimate of drug-likeness (QED) is 0.589. The van der Waals surface area contributed by atoms with E-state index in [4.69, 9.17) is 4.42 Å². The summed E-state index contributed by atoms with van der Waals surface area (Å²) in [6, 6.07) is 0. The topological polar surface area (TPSA) is 69.1 Å². The SMILES string of the molecule is Cc1nc2cnc(-c3ncco3)cn2n1. The highest BCUT2D eigenvalue weighted by molar-refractivity contribution is 5.48. The van der Waals surface area contributed by atoms with Crippen molar-refractivity contribution >= 4 is 5.65 Å². The number of oxazole rings is 1. The number of nitrogens with zero attached hydrogens (tertiary/aromatic N) is 5. The molecule has 3 aromatic heterocycles. The van der Waals surface area contributed by atoms with Gasteiger partial charge in [-0.1, -0.05) is 0 Å². The third kappa shape index (κ3) is 1.26. The number of aromatic nitrogens is 5. The summed E-state index contributed by atoms with van der Waals surface area (Å²) in [4.78, 5) is 12.4. The highest BCUT2D eigenvalue weighted by Gasteiger charge is 2.06. The number of rotatable bonds is 1. The van der Waals surface area contributed by atoms with Crippen LogP contribution >= 0.6 is 0 Å². The van der Waals surface area contributed by atoms with Crippen LogP contribution in [0.5, 0.6) is 0 Å². The van der Waals surface area contributed by atoms with Crippen LogP contribution < -0.4 is 0 Å². The van der Waals surface area contributed by atoms with Crippen LogP contribution in [0.15, 0.2) is 29.3 Å². The predicted octanol–water partition coefficient (Wildman–Crippen LogP) is 1.09. The molecule has 0 N–H and O–H groups in total. The minimum absolute atomic E-state index is 0.477. The van der Waals surface area contributed by atoms with Gasteiger partial charge in [0.25, 0.3) is 0 Å². The molecule has 0 saturated heterocycles. The van der Waals surface area contributed by atoms with E-state index in [0.29, 0.717) is 23.1 Å². The van der Waals surface area contributed by atoms with Gasteiger partial charge in [-0.3, -0.25) is 0 Å². The van der Waals surface area contributed by atoms with Crippen LogP contribution in [-0.2, 0) is 0 Å². The summed E-state index contributed by atoms with van der Waals surface area (Å²) in [6.07, 6.45) is 6.46. The molecule has 0 bridgehead atoms. The van der Waals surface area contributed by atoms with E-state index in [1.54, 1.807) is 23.1 Å². The molecule has 0 atom stereocenters. The van der Waals surface area contributed by atoms with Crippen molar-refractivity contribution < 1.29 is 4.42 Å². The molecule has 0 spiro atoms. The Kier molecular flexibility index (Phi) is 1.55. The van der Waals surface area contributed by atoms with Crippen molar-refractivity contribution in [2.45, 2.75) is 6.92 Å². The van der Waals surface area contributed by atoms with Crippen LogP contribution in [0.25, 0.3) is 17.2 Å². The minimum atomic E-state index is 0.477. The van der Waals surface area contributed by atoms with E-state index in [-0.39, 0.29) is 0 Å². The van der Waals surface area contributed by atoms with Crippen molar-refractivity contribution in [2.24, 2.45) is 0 Å². The Morgan fingerprint density at radius 1 is 1.33 bits per heavy atom. The maximum Gasteiger partial charge on any atom is 0.246 e. The van der Waals surface area contributed by atoms with Gasteiger partial charge in [-0.05, 0) is 6.92 Å². The molecule has 0 unspecified atom stereocenters. The molecule has 15 heavy (non-hydrogen) atoms. The summed E-state index contributed by atoms with van der Waals surface area (Å²) in [7, 11) is 0. The molecule has 0 aromatic carbocycles. The van der Waals surface area contributed by atoms with Crippen LogP contribution in [0.1, 0.15) is 5.82 Å². The predicted molar refractivity (Wildman–Crippen MR) is 51.0 cm³/mol. The molecule has 0 saturated carbocycles. The molecule has 0 aliphatic rings. The van der Waals surface area contributed by atoms with Crippen molar-refractivity contribution in [3.8, 4) is 11.6 Å². The minimum Gasteiger partial charge on any atom is -0.443 e. The van der Waals surface area contributed by atoms with Crippen LogP contribution in [0.2, 0.25) is 0 Å². The van der Waals surface area contributed by atoms with Crippen LogP contribution in [-0.4, -0.2) is 24.6 Å². The largest absolute Gasteiger partial charge is 0.443 e. The summed E-state index contributed by atoms with van der Waals surface area (Å²) >= 11 is 0. The molecule has 6 heteroatoms. The van der Waals surface area contributed by atoms with Gasteiger partial charge in [0.1, 0.15) is 17.8 Å². The van der Waals surface area contributed by atoms with E-state index in [1.165, 1.54) is 6.26 Å². The number of fused-ring (bicyclic) bond motifs is 1. The second-order valence-corrected chi connectivity index (χ2v) is 3.07. The first-order chi connectivity index (χ1) is 7.33. The first-order valence-electron chi connectivity index (χ1n) is 4.42. The fourth-order valence-corrected chi connectivity index (χ4v) is 1.37. The first-order valence-corrected chi connectivity index (χ1v) is 4.42. The summed E-state index contributed by atoms with van der Waals surface area (Å²) in [5.74, 6) is 1.19. The van der Waals surface area contributed by atoms with Gasteiger partial charge in [0, 0.05) is 0 Å². The Morgan fingerprint density at radius 2 is 2.27 bits per heavy atom. The molecular formula is C9H7N5O. The smallest absolute Gasteiger partial charge is 0.246 e. The second kappa shape index (κ2) is 2.88. The zero-order valence-corrected chi connectivity index (χ0v) is 7.95. The number of aryl methyl sites for hydroxylation is 1. The molecule has 3 heterocycles. The van der Waals surface area contributed by atoms with Crippen LogP contribution in [0, 0.1) is 6.92 Å². The molecule has 0 aliphatic carbocycles. The molecule has 6 nitrogen and oxygen atoms in total. The van der Waals surface area contributed by atoms with Crippen LogP contribution in [0.3, 0.4) is 0 Å². The molecule has 3 aromatic rings. The molecule has 0 amide bonds.